The second-order valence-electron chi connectivity index (χ2n) is 3.70. The summed E-state index contributed by atoms with van der Waals surface area (Å²) in [5.41, 5.74) is 1.67. The zero-order valence-corrected chi connectivity index (χ0v) is 10.7. The van der Waals surface area contributed by atoms with E-state index in [9.17, 15) is 9.59 Å². The van der Waals surface area contributed by atoms with Crippen molar-refractivity contribution < 1.29 is 19.1 Å². The van der Waals surface area contributed by atoms with E-state index < -0.39 is 0 Å². The molecule has 4 heteroatoms. The zero-order chi connectivity index (χ0) is 13.5. The van der Waals surface area contributed by atoms with Crippen LogP contribution in [0.4, 0.5) is 0 Å². The molecular formula is C14H16O4. The number of ether oxygens (including phenoxy) is 2. The molecule has 0 unspecified atom stereocenters. The molecule has 0 aliphatic carbocycles. The summed E-state index contributed by atoms with van der Waals surface area (Å²) < 4.78 is 9.78. The molecule has 0 aromatic heterocycles. The molecule has 0 radical (unpaired) electrons. The third-order valence-corrected chi connectivity index (χ3v) is 2.15. The van der Waals surface area contributed by atoms with E-state index >= 15 is 0 Å². The van der Waals surface area contributed by atoms with E-state index in [1.54, 1.807) is 25.1 Å². The standard InChI is InChI=1S/C14H16O4/c1-4-17-14(16)8-6-12-5-7-13(10(2)9-12)18-11(3)15/h5-9H,4H2,1-3H3/b8-6+. The number of aryl methyl sites for hydroxylation is 1. The summed E-state index contributed by atoms with van der Waals surface area (Å²) in [6, 6.07) is 5.29. The van der Waals surface area contributed by atoms with E-state index in [0.717, 1.165) is 11.1 Å². The molecule has 96 valence electrons. The van der Waals surface area contributed by atoms with Crippen LogP contribution in [0, 0.1) is 6.92 Å². The van der Waals surface area contributed by atoms with Gasteiger partial charge >= 0.3 is 11.9 Å². The Hall–Kier alpha value is -2.10. The van der Waals surface area contributed by atoms with Gasteiger partial charge in [0.2, 0.25) is 0 Å². The molecule has 0 aliphatic heterocycles. The molecule has 1 rings (SSSR count). The molecule has 1 aromatic carbocycles. The van der Waals surface area contributed by atoms with Crippen LogP contribution in [0.2, 0.25) is 0 Å². The minimum absolute atomic E-state index is 0.354. The maximum absolute atomic E-state index is 11.1. The number of carbonyl (C=O) groups excluding carboxylic acids is 2. The molecule has 0 amide bonds. The maximum Gasteiger partial charge on any atom is 0.330 e. The van der Waals surface area contributed by atoms with Crippen LogP contribution < -0.4 is 4.74 Å². The summed E-state index contributed by atoms with van der Waals surface area (Å²) in [4.78, 5) is 22.0. The Morgan fingerprint density at radius 1 is 1.33 bits per heavy atom. The lowest BCUT2D eigenvalue weighted by atomic mass is 10.1. The highest BCUT2D eigenvalue weighted by molar-refractivity contribution is 5.87. The predicted octanol–water partition coefficient (Wildman–Crippen LogP) is 2.50. The summed E-state index contributed by atoms with van der Waals surface area (Å²) >= 11 is 0. The SMILES string of the molecule is CCOC(=O)/C=C/c1ccc(OC(C)=O)c(C)c1. The van der Waals surface area contributed by atoms with Crippen molar-refractivity contribution in [2.75, 3.05) is 6.61 Å². The van der Waals surface area contributed by atoms with Gasteiger partial charge in [0, 0.05) is 13.0 Å². The first-order valence-electron chi connectivity index (χ1n) is 5.67. The van der Waals surface area contributed by atoms with Crippen molar-refractivity contribution in [2.24, 2.45) is 0 Å². The molecule has 0 saturated carbocycles. The molecule has 4 nitrogen and oxygen atoms in total. The van der Waals surface area contributed by atoms with E-state index in [2.05, 4.69) is 0 Å². The van der Waals surface area contributed by atoms with Gasteiger partial charge < -0.3 is 9.47 Å². The van der Waals surface area contributed by atoms with Crippen LogP contribution in [0.5, 0.6) is 5.75 Å². The largest absolute Gasteiger partial charge is 0.463 e. The highest BCUT2D eigenvalue weighted by Crippen LogP contribution is 2.20. The fraction of sp³-hybridized carbons (Fsp3) is 0.286. The van der Waals surface area contributed by atoms with Gasteiger partial charge in [0.15, 0.2) is 0 Å². The molecule has 0 saturated heterocycles. The van der Waals surface area contributed by atoms with E-state index in [1.165, 1.54) is 13.0 Å². The van der Waals surface area contributed by atoms with E-state index in [-0.39, 0.29) is 11.9 Å². The van der Waals surface area contributed by atoms with Crippen LogP contribution in [0.25, 0.3) is 6.08 Å². The Bertz CT molecular complexity index is 475. The Balaban J connectivity index is 2.78. The summed E-state index contributed by atoms with van der Waals surface area (Å²) in [5, 5.41) is 0. The van der Waals surface area contributed by atoms with Crippen LogP contribution in [-0.2, 0) is 14.3 Å². The molecule has 0 aliphatic rings. The molecule has 0 bridgehead atoms. The van der Waals surface area contributed by atoms with Gasteiger partial charge in [-0.25, -0.2) is 4.79 Å². The zero-order valence-electron chi connectivity index (χ0n) is 10.7. The van der Waals surface area contributed by atoms with Crippen LogP contribution >= 0.6 is 0 Å². The lowest BCUT2D eigenvalue weighted by Gasteiger charge is -2.05. The van der Waals surface area contributed by atoms with Crippen molar-refractivity contribution in [3.63, 3.8) is 0 Å². The predicted molar refractivity (Wildman–Crippen MR) is 68.2 cm³/mol. The topological polar surface area (TPSA) is 52.6 Å². The van der Waals surface area contributed by atoms with E-state index in [1.807, 2.05) is 13.0 Å². The van der Waals surface area contributed by atoms with Gasteiger partial charge in [0.25, 0.3) is 0 Å². The van der Waals surface area contributed by atoms with Crippen LogP contribution in [0.3, 0.4) is 0 Å². The van der Waals surface area contributed by atoms with Crippen molar-refractivity contribution in [3.8, 4) is 5.75 Å². The monoisotopic (exact) mass is 248 g/mol. The average Bonchev–Trinajstić information content (AvgIpc) is 2.29. The molecular weight excluding hydrogens is 232 g/mol. The van der Waals surface area contributed by atoms with E-state index in [0.29, 0.717) is 12.4 Å². The first-order valence-corrected chi connectivity index (χ1v) is 5.67. The van der Waals surface area contributed by atoms with Gasteiger partial charge in [-0.3, -0.25) is 4.79 Å². The fourth-order valence-corrected chi connectivity index (χ4v) is 1.40. The van der Waals surface area contributed by atoms with Gasteiger partial charge in [0.05, 0.1) is 6.61 Å². The number of rotatable bonds is 4. The molecule has 0 N–H and O–H groups in total. The lowest BCUT2D eigenvalue weighted by molar-refractivity contribution is -0.137. The fourth-order valence-electron chi connectivity index (χ4n) is 1.40. The molecule has 0 spiro atoms. The van der Waals surface area contributed by atoms with Gasteiger partial charge in [-0.1, -0.05) is 6.07 Å². The lowest BCUT2D eigenvalue weighted by Crippen LogP contribution is -2.02. The number of hydrogen-bond acceptors (Lipinski definition) is 4. The summed E-state index contributed by atoms with van der Waals surface area (Å²) in [6.07, 6.45) is 3.02. The van der Waals surface area contributed by atoms with Crippen molar-refractivity contribution >= 4 is 18.0 Å². The average molecular weight is 248 g/mol. The normalized spacial score (nSPS) is 10.4. The first-order chi connectivity index (χ1) is 8.52. The highest BCUT2D eigenvalue weighted by Gasteiger charge is 2.03. The Morgan fingerprint density at radius 3 is 2.61 bits per heavy atom. The van der Waals surface area contributed by atoms with Crippen LogP contribution in [0.15, 0.2) is 24.3 Å². The van der Waals surface area contributed by atoms with Crippen molar-refractivity contribution in [1.82, 2.24) is 0 Å². The molecule has 18 heavy (non-hydrogen) atoms. The minimum Gasteiger partial charge on any atom is -0.463 e. The third-order valence-electron chi connectivity index (χ3n) is 2.15. The summed E-state index contributed by atoms with van der Waals surface area (Å²) in [5.74, 6) is -0.206. The summed E-state index contributed by atoms with van der Waals surface area (Å²) in [7, 11) is 0. The van der Waals surface area contributed by atoms with Crippen LogP contribution in [0.1, 0.15) is 25.0 Å². The Kier molecular flexibility index (Phi) is 5.11. The minimum atomic E-state index is -0.376. The molecule has 0 fully saturated rings. The molecule has 0 heterocycles. The molecule has 1 aromatic rings. The second-order valence-corrected chi connectivity index (χ2v) is 3.70. The van der Waals surface area contributed by atoms with Gasteiger partial charge in [-0.15, -0.1) is 0 Å². The Labute approximate surface area is 106 Å². The number of esters is 2. The second kappa shape index (κ2) is 6.59. The van der Waals surface area contributed by atoms with Gasteiger partial charge in [-0.2, -0.15) is 0 Å². The highest BCUT2D eigenvalue weighted by atomic mass is 16.5. The third kappa shape index (κ3) is 4.41. The molecule has 0 atom stereocenters. The van der Waals surface area contributed by atoms with Crippen molar-refractivity contribution in [2.45, 2.75) is 20.8 Å². The number of benzene rings is 1. The van der Waals surface area contributed by atoms with Crippen molar-refractivity contribution in [1.29, 1.82) is 0 Å². The van der Waals surface area contributed by atoms with Crippen LogP contribution in [-0.4, -0.2) is 18.5 Å². The summed E-state index contributed by atoms with van der Waals surface area (Å²) in [6.45, 7) is 5.30. The van der Waals surface area contributed by atoms with Gasteiger partial charge in [-0.05, 0) is 43.2 Å². The Morgan fingerprint density at radius 2 is 2.06 bits per heavy atom. The maximum atomic E-state index is 11.1. The van der Waals surface area contributed by atoms with Crippen molar-refractivity contribution in [3.05, 3.63) is 35.4 Å². The van der Waals surface area contributed by atoms with E-state index in [4.69, 9.17) is 9.47 Å². The number of carbonyl (C=O) groups is 2. The number of hydrogen-bond donors (Lipinski definition) is 0. The first kappa shape index (κ1) is 14.0. The van der Waals surface area contributed by atoms with Gasteiger partial charge in [0.1, 0.15) is 5.75 Å². The smallest absolute Gasteiger partial charge is 0.330 e. The quantitative estimate of drug-likeness (QED) is 0.466.